The number of amides is 1. The molecule has 29 heavy (non-hydrogen) atoms. The predicted octanol–water partition coefficient (Wildman–Crippen LogP) is 2.21. The highest BCUT2D eigenvalue weighted by molar-refractivity contribution is 5.92. The molecule has 0 fully saturated rings. The Morgan fingerprint density at radius 2 is 1.93 bits per heavy atom. The van der Waals surface area contributed by atoms with Gasteiger partial charge in [-0.05, 0) is 37.3 Å². The lowest BCUT2D eigenvalue weighted by Gasteiger charge is -2.26. The summed E-state index contributed by atoms with van der Waals surface area (Å²) in [5.74, 6) is 1.19. The fraction of sp³-hybridized carbons (Fsp3) is 0.333. The maximum atomic E-state index is 12.2. The number of ether oxygens (including phenoxy) is 5. The first-order chi connectivity index (χ1) is 14.1. The Bertz CT molecular complexity index is 868. The number of esters is 1. The van der Waals surface area contributed by atoms with Crippen molar-refractivity contribution in [2.45, 2.75) is 13.0 Å². The Balaban J connectivity index is 1.46. The van der Waals surface area contributed by atoms with Crippen molar-refractivity contribution in [1.29, 1.82) is 0 Å². The minimum atomic E-state index is -0.630. The van der Waals surface area contributed by atoms with Crippen molar-refractivity contribution < 1.29 is 33.3 Å². The van der Waals surface area contributed by atoms with E-state index in [0.717, 1.165) is 0 Å². The summed E-state index contributed by atoms with van der Waals surface area (Å²) in [6.07, 6.45) is -0.320. The van der Waals surface area contributed by atoms with E-state index >= 15 is 0 Å². The van der Waals surface area contributed by atoms with Gasteiger partial charge in [-0.1, -0.05) is 12.1 Å². The summed E-state index contributed by atoms with van der Waals surface area (Å²) in [5, 5.41) is 2.67. The number of methoxy groups -OCH3 is 1. The normalized spacial score (nSPS) is 14.6. The van der Waals surface area contributed by atoms with Gasteiger partial charge in [-0.3, -0.25) is 4.79 Å². The van der Waals surface area contributed by atoms with E-state index < -0.39 is 18.5 Å². The van der Waals surface area contributed by atoms with E-state index in [1.54, 1.807) is 18.2 Å². The van der Waals surface area contributed by atoms with Crippen LogP contribution in [0.25, 0.3) is 0 Å². The molecule has 1 aliphatic rings. The molecule has 3 rings (SSSR count). The molecule has 2 aromatic carbocycles. The molecular formula is C21H23NO7. The summed E-state index contributed by atoms with van der Waals surface area (Å²) in [6.45, 7) is 2.41. The van der Waals surface area contributed by atoms with Crippen LogP contribution in [0.2, 0.25) is 0 Å². The molecule has 1 atom stereocenters. The second-order valence-electron chi connectivity index (χ2n) is 6.18. The standard InChI is InChI=1S/C21H23NO7/c1-3-26-19-10-14(8-9-16(19)25-2)21(24)28-13-20(23)22-11-15-12-27-17-6-4-5-7-18(17)29-15/h4-10,15H,3,11-13H2,1-2H3,(H,22,23). The number of hydrogen-bond acceptors (Lipinski definition) is 7. The third kappa shape index (κ3) is 5.31. The average molecular weight is 401 g/mol. The Labute approximate surface area is 168 Å². The molecule has 0 bridgehead atoms. The smallest absolute Gasteiger partial charge is 0.338 e. The van der Waals surface area contributed by atoms with Crippen LogP contribution in [0.3, 0.4) is 0 Å². The molecule has 154 valence electrons. The number of nitrogens with one attached hydrogen (secondary N) is 1. The van der Waals surface area contributed by atoms with Gasteiger partial charge in [0.25, 0.3) is 5.91 Å². The molecule has 1 unspecified atom stereocenters. The van der Waals surface area contributed by atoms with E-state index in [0.29, 0.717) is 36.2 Å². The number of benzene rings is 2. The molecule has 1 heterocycles. The third-order valence-corrected chi connectivity index (χ3v) is 4.13. The highest BCUT2D eigenvalue weighted by Crippen LogP contribution is 2.30. The number of carbonyl (C=O) groups is 2. The van der Waals surface area contributed by atoms with Gasteiger partial charge in [0.1, 0.15) is 12.7 Å². The van der Waals surface area contributed by atoms with Crippen LogP contribution < -0.4 is 24.3 Å². The lowest BCUT2D eigenvalue weighted by atomic mass is 10.2. The molecule has 0 radical (unpaired) electrons. The van der Waals surface area contributed by atoms with Crippen molar-refractivity contribution in [2.75, 3.05) is 33.5 Å². The van der Waals surface area contributed by atoms with E-state index in [-0.39, 0.29) is 18.2 Å². The predicted molar refractivity (Wildman–Crippen MR) is 104 cm³/mol. The van der Waals surface area contributed by atoms with Crippen LogP contribution in [-0.2, 0) is 9.53 Å². The molecule has 1 N–H and O–H groups in total. The largest absolute Gasteiger partial charge is 0.493 e. The van der Waals surface area contributed by atoms with Gasteiger partial charge in [-0.15, -0.1) is 0 Å². The Kier molecular flexibility index (Phi) is 6.78. The quantitative estimate of drug-likeness (QED) is 0.678. The molecule has 0 saturated heterocycles. The molecule has 8 nitrogen and oxygen atoms in total. The minimum Gasteiger partial charge on any atom is -0.493 e. The number of hydrogen-bond donors (Lipinski definition) is 1. The molecule has 0 saturated carbocycles. The fourth-order valence-electron chi connectivity index (χ4n) is 2.73. The van der Waals surface area contributed by atoms with Gasteiger partial charge in [0.15, 0.2) is 29.6 Å². The first kappa shape index (κ1) is 20.3. The third-order valence-electron chi connectivity index (χ3n) is 4.13. The molecule has 1 aliphatic heterocycles. The average Bonchev–Trinajstić information content (AvgIpc) is 2.76. The zero-order valence-electron chi connectivity index (χ0n) is 16.3. The van der Waals surface area contributed by atoms with Crippen molar-refractivity contribution in [1.82, 2.24) is 5.32 Å². The summed E-state index contributed by atoms with van der Waals surface area (Å²) in [5.41, 5.74) is 0.266. The molecule has 8 heteroatoms. The number of carbonyl (C=O) groups excluding carboxylic acids is 2. The summed E-state index contributed by atoms with van der Waals surface area (Å²) < 4.78 is 27.0. The second kappa shape index (κ2) is 9.68. The number of fused-ring (bicyclic) bond motifs is 1. The first-order valence-electron chi connectivity index (χ1n) is 9.23. The van der Waals surface area contributed by atoms with Crippen molar-refractivity contribution in [2.24, 2.45) is 0 Å². The van der Waals surface area contributed by atoms with E-state index in [1.165, 1.54) is 13.2 Å². The van der Waals surface area contributed by atoms with Crippen LogP contribution in [0, 0.1) is 0 Å². The summed E-state index contributed by atoms with van der Waals surface area (Å²) in [4.78, 5) is 24.2. The van der Waals surface area contributed by atoms with Gasteiger partial charge in [0.05, 0.1) is 25.8 Å². The maximum absolute atomic E-state index is 12.2. The van der Waals surface area contributed by atoms with Crippen LogP contribution in [-0.4, -0.2) is 51.5 Å². The van der Waals surface area contributed by atoms with Crippen LogP contribution in [0.4, 0.5) is 0 Å². The topological polar surface area (TPSA) is 92.3 Å². The van der Waals surface area contributed by atoms with E-state index in [1.807, 2.05) is 25.1 Å². The SMILES string of the molecule is CCOc1cc(C(=O)OCC(=O)NCC2COc3ccccc3O2)ccc1OC. The van der Waals surface area contributed by atoms with Gasteiger partial charge in [0, 0.05) is 0 Å². The van der Waals surface area contributed by atoms with Crippen LogP contribution in [0.1, 0.15) is 17.3 Å². The van der Waals surface area contributed by atoms with Crippen molar-refractivity contribution >= 4 is 11.9 Å². The van der Waals surface area contributed by atoms with Crippen molar-refractivity contribution in [3.8, 4) is 23.0 Å². The lowest BCUT2D eigenvalue weighted by Crippen LogP contribution is -2.42. The van der Waals surface area contributed by atoms with Gasteiger partial charge >= 0.3 is 5.97 Å². The number of rotatable bonds is 8. The van der Waals surface area contributed by atoms with Crippen molar-refractivity contribution in [3.05, 3.63) is 48.0 Å². The molecule has 0 aromatic heterocycles. The molecule has 0 spiro atoms. The molecular weight excluding hydrogens is 378 g/mol. The lowest BCUT2D eigenvalue weighted by molar-refractivity contribution is -0.124. The van der Waals surface area contributed by atoms with Crippen LogP contribution >= 0.6 is 0 Å². The number of para-hydroxylation sites is 2. The molecule has 0 aliphatic carbocycles. The summed E-state index contributed by atoms with van der Waals surface area (Å²) in [6, 6.07) is 12.0. The zero-order chi connectivity index (χ0) is 20.6. The van der Waals surface area contributed by atoms with Crippen LogP contribution in [0.5, 0.6) is 23.0 Å². The van der Waals surface area contributed by atoms with Gasteiger partial charge in [-0.2, -0.15) is 0 Å². The van der Waals surface area contributed by atoms with E-state index in [2.05, 4.69) is 5.32 Å². The van der Waals surface area contributed by atoms with E-state index in [4.69, 9.17) is 23.7 Å². The van der Waals surface area contributed by atoms with Crippen LogP contribution in [0.15, 0.2) is 42.5 Å². The summed E-state index contributed by atoms with van der Waals surface area (Å²) in [7, 11) is 1.51. The summed E-state index contributed by atoms with van der Waals surface area (Å²) >= 11 is 0. The maximum Gasteiger partial charge on any atom is 0.338 e. The highest BCUT2D eigenvalue weighted by atomic mass is 16.6. The second-order valence-corrected chi connectivity index (χ2v) is 6.18. The Hall–Kier alpha value is -3.42. The fourth-order valence-corrected chi connectivity index (χ4v) is 2.73. The molecule has 1 amide bonds. The van der Waals surface area contributed by atoms with E-state index in [9.17, 15) is 9.59 Å². The Morgan fingerprint density at radius 3 is 2.69 bits per heavy atom. The van der Waals surface area contributed by atoms with Gasteiger partial charge in [0.2, 0.25) is 0 Å². The zero-order valence-corrected chi connectivity index (χ0v) is 16.3. The monoisotopic (exact) mass is 401 g/mol. The Morgan fingerprint density at radius 1 is 1.14 bits per heavy atom. The van der Waals surface area contributed by atoms with Gasteiger partial charge in [-0.25, -0.2) is 4.79 Å². The van der Waals surface area contributed by atoms with Crippen molar-refractivity contribution in [3.63, 3.8) is 0 Å². The minimum absolute atomic E-state index is 0.238. The van der Waals surface area contributed by atoms with Gasteiger partial charge < -0.3 is 29.0 Å². The molecule has 2 aromatic rings. The first-order valence-corrected chi connectivity index (χ1v) is 9.23. The highest BCUT2D eigenvalue weighted by Gasteiger charge is 2.21.